The smallest absolute Gasteiger partial charge is 0.0627 e. The van der Waals surface area contributed by atoms with E-state index in [1.54, 1.807) is 4.68 Å². The summed E-state index contributed by atoms with van der Waals surface area (Å²) < 4.78 is 1.77. The lowest BCUT2D eigenvalue weighted by molar-refractivity contribution is 0.231. The summed E-state index contributed by atoms with van der Waals surface area (Å²) in [5, 5.41) is 16.9. The number of aryl methyl sites for hydroxylation is 1. The lowest BCUT2D eigenvalue weighted by Crippen LogP contribution is -2.33. The van der Waals surface area contributed by atoms with Gasteiger partial charge in [-0.3, -0.25) is 4.68 Å². The quantitative estimate of drug-likeness (QED) is 0.755. The van der Waals surface area contributed by atoms with Crippen molar-refractivity contribution in [3.8, 4) is 0 Å². The van der Waals surface area contributed by atoms with Crippen LogP contribution >= 0.6 is 0 Å². The van der Waals surface area contributed by atoms with Crippen LogP contribution < -0.4 is 5.32 Å². The number of hydrogen-bond acceptors (Lipinski definition) is 3. The van der Waals surface area contributed by atoms with Crippen molar-refractivity contribution in [2.45, 2.75) is 31.8 Å². The zero-order chi connectivity index (χ0) is 10.8. The van der Waals surface area contributed by atoms with E-state index in [1.165, 1.54) is 12.8 Å². The van der Waals surface area contributed by atoms with E-state index in [4.69, 9.17) is 0 Å². The van der Waals surface area contributed by atoms with Gasteiger partial charge in [-0.1, -0.05) is 0 Å². The summed E-state index contributed by atoms with van der Waals surface area (Å²) in [6.45, 7) is 2.32. The second-order valence-corrected chi connectivity index (χ2v) is 4.48. The molecule has 1 aliphatic carbocycles. The molecule has 4 nitrogen and oxygen atoms in total. The maximum atomic E-state index is 9.34. The minimum atomic E-state index is 0.0225. The number of rotatable bonds is 5. The topological polar surface area (TPSA) is 50.1 Å². The van der Waals surface area contributed by atoms with Gasteiger partial charge in [0, 0.05) is 24.8 Å². The van der Waals surface area contributed by atoms with E-state index < -0.39 is 0 Å². The Kier molecular flexibility index (Phi) is 3.07. The van der Waals surface area contributed by atoms with Crippen LogP contribution in [0.25, 0.3) is 0 Å². The fourth-order valence-corrected chi connectivity index (χ4v) is 1.92. The molecule has 4 heteroatoms. The van der Waals surface area contributed by atoms with Crippen molar-refractivity contribution in [1.82, 2.24) is 15.1 Å². The van der Waals surface area contributed by atoms with Crippen LogP contribution in [-0.4, -0.2) is 27.5 Å². The van der Waals surface area contributed by atoms with Gasteiger partial charge >= 0.3 is 0 Å². The highest BCUT2D eigenvalue weighted by atomic mass is 16.3. The maximum Gasteiger partial charge on any atom is 0.0627 e. The molecule has 1 fully saturated rings. The van der Waals surface area contributed by atoms with Gasteiger partial charge in [0.15, 0.2) is 0 Å². The van der Waals surface area contributed by atoms with Crippen LogP contribution in [-0.2, 0) is 7.05 Å². The Morgan fingerprint density at radius 1 is 1.67 bits per heavy atom. The maximum absolute atomic E-state index is 9.34. The van der Waals surface area contributed by atoms with Gasteiger partial charge in [-0.25, -0.2) is 0 Å². The molecule has 2 unspecified atom stereocenters. The normalized spacial score (nSPS) is 20.2. The predicted octanol–water partition coefficient (Wildman–Crippen LogP) is 0.842. The number of nitrogens with zero attached hydrogens (tertiary/aromatic N) is 2. The van der Waals surface area contributed by atoms with Crippen molar-refractivity contribution >= 4 is 0 Å². The largest absolute Gasteiger partial charge is 0.394 e. The van der Waals surface area contributed by atoms with Gasteiger partial charge in [0.2, 0.25) is 0 Å². The molecule has 0 saturated heterocycles. The van der Waals surface area contributed by atoms with Crippen molar-refractivity contribution in [2.75, 3.05) is 6.61 Å². The second kappa shape index (κ2) is 4.33. The summed E-state index contributed by atoms with van der Waals surface area (Å²) in [7, 11) is 1.89. The van der Waals surface area contributed by atoms with Gasteiger partial charge in [-0.2, -0.15) is 5.10 Å². The molecular weight excluding hydrogens is 190 g/mol. The molecule has 0 spiro atoms. The summed E-state index contributed by atoms with van der Waals surface area (Å²) in [6, 6.07) is 0.511. The molecular formula is C11H19N3O. The highest BCUT2D eigenvalue weighted by Gasteiger charge is 2.29. The number of aromatic nitrogens is 2. The molecule has 2 atom stereocenters. The number of aliphatic hydroxyl groups excluding tert-OH is 1. The Hall–Kier alpha value is -0.870. The number of aliphatic hydroxyl groups is 1. The lowest BCUT2D eigenvalue weighted by atomic mass is 10.1. The van der Waals surface area contributed by atoms with Crippen LogP contribution in [0.5, 0.6) is 0 Å². The van der Waals surface area contributed by atoms with Crippen LogP contribution in [0.15, 0.2) is 12.4 Å². The lowest BCUT2D eigenvalue weighted by Gasteiger charge is -2.20. The molecule has 1 aromatic rings. The third-order valence-corrected chi connectivity index (χ3v) is 3.10. The van der Waals surface area contributed by atoms with Crippen LogP contribution in [0, 0.1) is 5.92 Å². The Balaban J connectivity index is 1.97. The molecule has 0 bridgehead atoms. The molecule has 1 aromatic heterocycles. The molecule has 2 rings (SSSR count). The van der Waals surface area contributed by atoms with E-state index in [0.717, 1.165) is 11.5 Å². The molecule has 1 aliphatic rings. The minimum Gasteiger partial charge on any atom is -0.394 e. The minimum absolute atomic E-state index is 0.0225. The van der Waals surface area contributed by atoms with Crippen molar-refractivity contribution in [3.05, 3.63) is 18.0 Å². The van der Waals surface area contributed by atoms with Gasteiger partial charge in [-0.15, -0.1) is 0 Å². The number of nitrogens with one attached hydrogen (secondary N) is 1. The first-order valence-corrected chi connectivity index (χ1v) is 5.56. The first kappa shape index (κ1) is 10.6. The van der Waals surface area contributed by atoms with Gasteiger partial charge in [-0.05, 0) is 25.7 Å². The highest BCUT2D eigenvalue weighted by molar-refractivity contribution is 5.10. The molecule has 0 radical (unpaired) electrons. The Bertz CT molecular complexity index is 319. The Labute approximate surface area is 90.3 Å². The van der Waals surface area contributed by atoms with E-state index >= 15 is 0 Å². The van der Waals surface area contributed by atoms with Gasteiger partial charge in [0.1, 0.15) is 0 Å². The molecule has 84 valence electrons. The molecule has 0 aliphatic heterocycles. The SMILES string of the molecule is CC(NC(CO)c1cnn(C)c1)C1CC1. The first-order valence-electron chi connectivity index (χ1n) is 5.56. The van der Waals surface area contributed by atoms with E-state index in [1.807, 2.05) is 19.4 Å². The summed E-state index contributed by atoms with van der Waals surface area (Å²) in [6.07, 6.45) is 6.40. The van der Waals surface area contributed by atoms with Crippen molar-refractivity contribution in [1.29, 1.82) is 0 Å². The predicted molar refractivity (Wildman–Crippen MR) is 58.4 cm³/mol. The molecule has 1 saturated carbocycles. The zero-order valence-electron chi connectivity index (χ0n) is 9.35. The monoisotopic (exact) mass is 209 g/mol. The third-order valence-electron chi connectivity index (χ3n) is 3.10. The van der Waals surface area contributed by atoms with Crippen LogP contribution in [0.3, 0.4) is 0 Å². The average Bonchev–Trinajstić information content (AvgIpc) is 2.98. The summed E-state index contributed by atoms with van der Waals surface area (Å²) in [4.78, 5) is 0. The molecule has 0 amide bonds. The fraction of sp³-hybridized carbons (Fsp3) is 0.727. The molecule has 15 heavy (non-hydrogen) atoms. The summed E-state index contributed by atoms with van der Waals surface area (Å²) in [5.74, 6) is 0.802. The molecule has 2 N–H and O–H groups in total. The Morgan fingerprint density at radius 3 is 2.87 bits per heavy atom. The highest BCUT2D eigenvalue weighted by Crippen LogP contribution is 2.33. The van der Waals surface area contributed by atoms with E-state index in [9.17, 15) is 5.11 Å². The third kappa shape index (κ3) is 2.58. The van der Waals surface area contributed by atoms with Gasteiger partial charge in [0.05, 0.1) is 18.8 Å². The first-order chi connectivity index (χ1) is 7.20. The standard InChI is InChI=1S/C11H19N3O/c1-8(9-3-4-9)13-11(7-15)10-5-12-14(2)6-10/h5-6,8-9,11,13,15H,3-4,7H2,1-2H3. The van der Waals surface area contributed by atoms with Crippen LogP contribution in [0.4, 0.5) is 0 Å². The number of hydrogen-bond donors (Lipinski definition) is 2. The average molecular weight is 209 g/mol. The zero-order valence-corrected chi connectivity index (χ0v) is 9.35. The van der Waals surface area contributed by atoms with E-state index in [-0.39, 0.29) is 12.6 Å². The Morgan fingerprint density at radius 2 is 2.40 bits per heavy atom. The summed E-state index contributed by atoms with van der Waals surface area (Å²) >= 11 is 0. The fourth-order valence-electron chi connectivity index (χ4n) is 1.92. The van der Waals surface area contributed by atoms with Crippen molar-refractivity contribution in [2.24, 2.45) is 13.0 Å². The molecule has 0 aromatic carbocycles. The van der Waals surface area contributed by atoms with Crippen molar-refractivity contribution in [3.63, 3.8) is 0 Å². The van der Waals surface area contributed by atoms with Gasteiger partial charge in [0.25, 0.3) is 0 Å². The van der Waals surface area contributed by atoms with Crippen molar-refractivity contribution < 1.29 is 5.11 Å². The van der Waals surface area contributed by atoms with Crippen LogP contribution in [0.2, 0.25) is 0 Å². The second-order valence-electron chi connectivity index (χ2n) is 4.48. The summed E-state index contributed by atoms with van der Waals surface area (Å²) in [5.41, 5.74) is 1.06. The van der Waals surface area contributed by atoms with Gasteiger partial charge < -0.3 is 10.4 Å². The molecule has 1 heterocycles. The van der Waals surface area contributed by atoms with Crippen LogP contribution in [0.1, 0.15) is 31.4 Å². The van der Waals surface area contributed by atoms with E-state index in [0.29, 0.717) is 6.04 Å². The van der Waals surface area contributed by atoms with E-state index in [2.05, 4.69) is 17.3 Å².